The fraction of sp³-hybridized carbons (Fsp3) is 0.292. The van der Waals surface area contributed by atoms with Crippen LogP contribution in [0.5, 0.6) is 0 Å². The summed E-state index contributed by atoms with van der Waals surface area (Å²) in [6.07, 6.45) is 0.1000. The lowest BCUT2D eigenvalue weighted by Crippen LogP contribution is -2.31. The lowest BCUT2D eigenvalue weighted by atomic mass is 10.1. The summed E-state index contributed by atoms with van der Waals surface area (Å²) in [5.41, 5.74) is 3.04. The largest absolute Gasteiger partial charge is 0.359 e. The molecular formula is C24H27N3O5S. The van der Waals surface area contributed by atoms with Gasteiger partial charge in [-0.2, -0.15) is 0 Å². The Bertz CT molecular complexity index is 1230. The summed E-state index contributed by atoms with van der Waals surface area (Å²) in [6, 6.07) is 13.0. The van der Waals surface area contributed by atoms with E-state index in [2.05, 4.69) is 10.5 Å². The Morgan fingerprint density at radius 2 is 1.64 bits per heavy atom. The number of aryl methyl sites for hydroxylation is 2. The molecule has 3 aromatic rings. The van der Waals surface area contributed by atoms with Gasteiger partial charge in [-0.15, -0.1) is 0 Å². The zero-order valence-corrected chi connectivity index (χ0v) is 19.9. The van der Waals surface area contributed by atoms with Crippen LogP contribution in [0.2, 0.25) is 0 Å². The Kier molecular flexibility index (Phi) is 7.33. The third-order valence-electron chi connectivity index (χ3n) is 5.27. The van der Waals surface area contributed by atoms with Gasteiger partial charge in [-0.1, -0.05) is 24.2 Å². The monoisotopic (exact) mass is 469 g/mol. The van der Waals surface area contributed by atoms with E-state index in [0.29, 0.717) is 40.5 Å². The van der Waals surface area contributed by atoms with Gasteiger partial charge in [0.2, 0.25) is 5.91 Å². The van der Waals surface area contributed by atoms with E-state index >= 15 is 0 Å². The summed E-state index contributed by atoms with van der Waals surface area (Å²) < 4.78 is 29.0. The number of sulfone groups is 1. The lowest BCUT2D eigenvalue weighted by molar-refractivity contribution is -0.115. The third kappa shape index (κ3) is 5.48. The molecule has 0 spiro atoms. The first-order valence-electron chi connectivity index (χ1n) is 10.6. The van der Waals surface area contributed by atoms with Gasteiger partial charge in [0.15, 0.2) is 15.6 Å². The molecule has 0 saturated heterocycles. The van der Waals surface area contributed by atoms with Crippen molar-refractivity contribution < 1.29 is 22.5 Å². The van der Waals surface area contributed by atoms with Crippen LogP contribution in [-0.2, 0) is 21.1 Å². The minimum atomic E-state index is -3.27. The average Bonchev–Trinajstić information content (AvgIpc) is 3.13. The number of anilines is 2. The maximum Gasteiger partial charge on any atom is 0.258 e. The first-order chi connectivity index (χ1) is 15.7. The number of aromatic nitrogens is 1. The molecule has 1 N–H and O–H groups in total. The second-order valence-corrected chi connectivity index (χ2v) is 9.85. The van der Waals surface area contributed by atoms with Gasteiger partial charge in [0.05, 0.1) is 17.1 Å². The predicted molar refractivity (Wildman–Crippen MR) is 126 cm³/mol. The number of carbonyl (C=O) groups is 2. The van der Waals surface area contributed by atoms with Crippen LogP contribution in [-0.4, -0.2) is 37.7 Å². The Morgan fingerprint density at radius 1 is 1.00 bits per heavy atom. The Balaban J connectivity index is 1.65. The zero-order valence-electron chi connectivity index (χ0n) is 19.1. The van der Waals surface area contributed by atoms with Gasteiger partial charge >= 0.3 is 0 Å². The van der Waals surface area contributed by atoms with Crippen molar-refractivity contribution in [3.63, 3.8) is 0 Å². The fourth-order valence-electron chi connectivity index (χ4n) is 3.49. The average molecular weight is 470 g/mol. The molecule has 174 valence electrons. The maximum absolute atomic E-state index is 13.0. The highest BCUT2D eigenvalue weighted by Gasteiger charge is 2.23. The molecule has 0 atom stereocenters. The first kappa shape index (κ1) is 24.2. The van der Waals surface area contributed by atoms with Crippen LogP contribution in [0.1, 0.15) is 41.2 Å². The third-order valence-corrected chi connectivity index (χ3v) is 7.02. The highest BCUT2D eigenvalue weighted by atomic mass is 32.2. The van der Waals surface area contributed by atoms with Gasteiger partial charge < -0.3 is 14.7 Å². The van der Waals surface area contributed by atoms with Crippen molar-refractivity contribution >= 4 is 33.0 Å². The van der Waals surface area contributed by atoms with E-state index in [1.54, 1.807) is 62.1 Å². The Hall–Kier alpha value is -3.46. The van der Waals surface area contributed by atoms with Crippen molar-refractivity contribution in [3.05, 3.63) is 71.1 Å². The van der Waals surface area contributed by atoms with Crippen LogP contribution in [0, 0.1) is 13.8 Å². The maximum atomic E-state index is 13.0. The molecule has 0 aliphatic rings. The Labute approximate surface area is 193 Å². The summed E-state index contributed by atoms with van der Waals surface area (Å²) in [7, 11) is -3.27. The minimum absolute atomic E-state index is 0.0273. The number of hydrogen-bond donors (Lipinski definition) is 1. The number of benzene rings is 2. The van der Waals surface area contributed by atoms with Crippen LogP contribution in [0.4, 0.5) is 11.4 Å². The van der Waals surface area contributed by atoms with E-state index in [1.807, 2.05) is 6.92 Å². The molecule has 0 saturated carbocycles. The molecule has 0 bridgehead atoms. The van der Waals surface area contributed by atoms with Crippen molar-refractivity contribution in [2.75, 3.05) is 22.5 Å². The number of amides is 2. The molecule has 1 heterocycles. The summed E-state index contributed by atoms with van der Waals surface area (Å²) >= 11 is 0. The molecule has 0 unspecified atom stereocenters. The normalized spacial score (nSPS) is 11.3. The first-order valence-corrected chi connectivity index (χ1v) is 12.3. The van der Waals surface area contributed by atoms with Crippen molar-refractivity contribution in [2.45, 2.75) is 39.0 Å². The molecule has 8 nitrogen and oxygen atoms in total. The lowest BCUT2D eigenvalue weighted by Gasteiger charge is -2.20. The summed E-state index contributed by atoms with van der Waals surface area (Å²) in [5.74, 6) is 0.171. The molecule has 0 aliphatic carbocycles. The van der Waals surface area contributed by atoms with Gasteiger partial charge in [0.1, 0.15) is 11.4 Å². The molecule has 0 radical (unpaired) electrons. The minimum Gasteiger partial charge on any atom is -0.359 e. The van der Waals surface area contributed by atoms with E-state index in [0.717, 1.165) is 0 Å². The highest BCUT2D eigenvalue weighted by Crippen LogP contribution is 2.26. The molecule has 0 fully saturated rings. The van der Waals surface area contributed by atoms with Crippen LogP contribution >= 0.6 is 0 Å². The van der Waals surface area contributed by atoms with Crippen LogP contribution < -0.4 is 10.2 Å². The fourth-order valence-corrected chi connectivity index (χ4v) is 4.37. The number of hydrogen-bond acceptors (Lipinski definition) is 6. The topological polar surface area (TPSA) is 110 Å². The molecule has 33 heavy (non-hydrogen) atoms. The molecule has 2 amide bonds. The van der Waals surface area contributed by atoms with E-state index in [-0.39, 0.29) is 28.9 Å². The molecule has 0 aliphatic heterocycles. The smallest absolute Gasteiger partial charge is 0.258 e. The number of nitrogens with zero attached hydrogens (tertiary/aromatic N) is 2. The Morgan fingerprint density at radius 3 is 2.15 bits per heavy atom. The van der Waals surface area contributed by atoms with Crippen LogP contribution in [0.15, 0.2) is 57.9 Å². The van der Waals surface area contributed by atoms with Gasteiger partial charge in [-0.05, 0) is 62.7 Å². The van der Waals surface area contributed by atoms with Crippen molar-refractivity contribution in [2.24, 2.45) is 0 Å². The molecule has 1 aromatic heterocycles. The van der Waals surface area contributed by atoms with E-state index in [4.69, 9.17) is 4.52 Å². The highest BCUT2D eigenvalue weighted by molar-refractivity contribution is 7.91. The summed E-state index contributed by atoms with van der Waals surface area (Å²) in [6.45, 7) is 7.48. The number of rotatable bonds is 8. The van der Waals surface area contributed by atoms with Gasteiger partial charge in [-0.25, -0.2) is 8.42 Å². The number of carbonyl (C=O) groups excluding carboxylic acids is 2. The SMILES string of the molecule is CCN(C(=O)c1ccc(NC(=O)Cc2ccc(S(=O)(=O)CC)cc2)cc1)c1c(C)noc1C. The zero-order chi connectivity index (χ0) is 24.2. The van der Waals surface area contributed by atoms with Gasteiger partial charge in [-0.3, -0.25) is 9.59 Å². The quantitative estimate of drug-likeness (QED) is 0.535. The van der Waals surface area contributed by atoms with Crippen molar-refractivity contribution in [1.82, 2.24) is 5.16 Å². The second-order valence-electron chi connectivity index (χ2n) is 7.57. The molecular weight excluding hydrogens is 442 g/mol. The van der Waals surface area contributed by atoms with Gasteiger partial charge in [0, 0.05) is 17.8 Å². The van der Waals surface area contributed by atoms with E-state index in [1.165, 1.54) is 12.1 Å². The van der Waals surface area contributed by atoms with Crippen LogP contribution in [0.3, 0.4) is 0 Å². The standard InChI is InChI=1S/C24H27N3O5S/c1-5-27(23-16(3)26-32-17(23)4)24(29)19-9-11-20(12-10-19)25-22(28)15-18-7-13-21(14-8-18)33(30,31)6-2/h7-14H,5-6,15H2,1-4H3,(H,25,28). The van der Waals surface area contributed by atoms with Crippen molar-refractivity contribution in [3.8, 4) is 0 Å². The predicted octanol–water partition coefficient (Wildman–Crippen LogP) is 3.93. The summed E-state index contributed by atoms with van der Waals surface area (Å²) in [5, 5.41) is 6.71. The molecule has 9 heteroatoms. The van der Waals surface area contributed by atoms with E-state index < -0.39 is 9.84 Å². The number of nitrogens with one attached hydrogen (secondary N) is 1. The second kappa shape index (κ2) is 9.99. The molecule has 3 rings (SSSR count). The van der Waals surface area contributed by atoms with E-state index in [9.17, 15) is 18.0 Å². The molecule has 2 aromatic carbocycles. The van der Waals surface area contributed by atoms with Crippen molar-refractivity contribution in [1.29, 1.82) is 0 Å². The van der Waals surface area contributed by atoms with Gasteiger partial charge in [0.25, 0.3) is 5.91 Å². The summed E-state index contributed by atoms with van der Waals surface area (Å²) in [4.78, 5) is 27.3. The van der Waals surface area contributed by atoms with Crippen LogP contribution in [0.25, 0.3) is 0 Å².